The number of esters is 2. The number of nitrogens with zero attached hydrogens (tertiary/aromatic N) is 1. The van der Waals surface area contributed by atoms with Gasteiger partial charge in [-0.05, 0) is 120 Å². The molecule has 6 unspecified atom stereocenters. The Labute approximate surface area is 340 Å². The number of rotatable bonds is 32. The van der Waals surface area contributed by atoms with Crippen molar-refractivity contribution in [3.05, 3.63) is 0 Å². The zero-order valence-corrected chi connectivity index (χ0v) is 36.9. The molecule has 322 valence electrons. The molecule has 3 aliphatic carbocycles. The van der Waals surface area contributed by atoms with Crippen molar-refractivity contribution in [3.8, 4) is 0 Å². The van der Waals surface area contributed by atoms with Gasteiger partial charge in [0.2, 0.25) is 0 Å². The largest absolute Gasteiger partial charge is 0.465 e. The van der Waals surface area contributed by atoms with E-state index in [-0.39, 0.29) is 29.9 Å². The van der Waals surface area contributed by atoms with E-state index in [0.717, 1.165) is 95.7 Å². The van der Waals surface area contributed by atoms with Crippen molar-refractivity contribution < 1.29 is 24.2 Å². The minimum Gasteiger partial charge on any atom is -0.465 e. The first-order valence-corrected chi connectivity index (χ1v) is 24.6. The summed E-state index contributed by atoms with van der Waals surface area (Å²) in [7, 11) is 0. The van der Waals surface area contributed by atoms with Gasteiger partial charge in [-0.25, -0.2) is 0 Å². The first kappa shape index (κ1) is 48.2. The average Bonchev–Trinajstić information content (AvgIpc) is 3.18. The Morgan fingerprint density at radius 3 is 1.33 bits per heavy atom. The lowest BCUT2D eigenvalue weighted by Gasteiger charge is -2.36. The SMILES string of the molecule is CCCCCC1CCC(C(=O)OCCCCCCN(CCCCCCOC(=O)C2CCC(CCCCC)C(CCCC)C2)CC2CC(O)C2)CC1CCCC. The van der Waals surface area contributed by atoms with Gasteiger partial charge in [0.05, 0.1) is 31.2 Å². The van der Waals surface area contributed by atoms with Gasteiger partial charge in [-0.1, -0.05) is 143 Å². The van der Waals surface area contributed by atoms with Crippen LogP contribution in [0.5, 0.6) is 0 Å². The molecule has 6 atom stereocenters. The summed E-state index contributed by atoms with van der Waals surface area (Å²) >= 11 is 0. The van der Waals surface area contributed by atoms with Crippen LogP contribution in [0, 0.1) is 41.4 Å². The zero-order chi connectivity index (χ0) is 39.5. The van der Waals surface area contributed by atoms with Crippen LogP contribution in [0.2, 0.25) is 0 Å². The van der Waals surface area contributed by atoms with Crippen LogP contribution in [-0.4, -0.2) is 60.9 Å². The summed E-state index contributed by atoms with van der Waals surface area (Å²) in [5.74, 6) is 4.08. The molecule has 1 N–H and O–H groups in total. The molecular weight excluding hydrogens is 683 g/mol. The van der Waals surface area contributed by atoms with Gasteiger partial charge in [0.1, 0.15) is 0 Å². The van der Waals surface area contributed by atoms with Crippen molar-refractivity contribution in [2.24, 2.45) is 41.4 Å². The summed E-state index contributed by atoms with van der Waals surface area (Å²) in [5, 5.41) is 9.88. The van der Waals surface area contributed by atoms with Crippen LogP contribution >= 0.6 is 0 Å². The fourth-order valence-corrected chi connectivity index (χ4v) is 10.5. The number of hydrogen-bond donors (Lipinski definition) is 1. The first-order chi connectivity index (χ1) is 26.9. The van der Waals surface area contributed by atoms with E-state index >= 15 is 0 Å². The van der Waals surface area contributed by atoms with E-state index in [1.165, 1.54) is 128 Å². The maximum absolute atomic E-state index is 13.0. The van der Waals surface area contributed by atoms with Crippen LogP contribution in [0.15, 0.2) is 0 Å². The Morgan fingerprint density at radius 1 is 0.491 bits per heavy atom. The molecule has 3 aliphatic rings. The molecule has 0 spiro atoms. The summed E-state index contributed by atoms with van der Waals surface area (Å²) < 4.78 is 11.7. The molecule has 0 aromatic rings. The van der Waals surface area contributed by atoms with Gasteiger partial charge in [-0.2, -0.15) is 0 Å². The van der Waals surface area contributed by atoms with E-state index in [0.29, 0.717) is 31.0 Å². The van der Waals surface area contributed by atoms with E-state index in [9.17, 15) is 14.7 Å². The number of aliphatic hydroxyl groups excluding tert-OH is 1. The molecule has 0 bridgehead atoms. The van der Waals surface area contributed by atoms with E-state index in [4.69, 9.17) is 9.47 Å². The summed E-state index contributed by atoms with van der Waals surface area (Å²) in [6.07, 6.45) is 35.5. The highest BCUT2D eigenvalue weighted by Crippen LogP contribution is 2.41. The van der Waals surface area contributed by atoms with Crippen molar-refractivity contribution in [2.45, 2.75) is 226 Å². The van der Waals surface area contributed by atoms with Crippen molar-refractivity contribution in [1.82, 2.24) is 4.90 Å². The molecule has 3 fully saturated rings. The van der Waals surface area contributed by atoms with Crippen molar-refractivity contribution in [1.29, 1.82) is 0 Å². The van der Waals surface area contributed by atoms with Crippen molar-refractivity contribution >= 4 is 11.9 Å². The standard InChI is InChI=1S/C49H91NO5/c1-5-9-17-25-41-27-29-45(37-43(41)23-11-7-3)48(52)54-33-21-15-13-19-31-50(39-40-35-47(51)36-40)32-20-14-16-22-34-55-49(53)46-30-28-42(26-18-10-6-2)44(38-46)24-12-8-4/h40-47,51H,5-39H2,1-4H3. The van der Waals surface area contributed by atoms with Gasteiger partial charge >= 0.3 is 11.9 Å². The lowest BCUT2D eigenvalue weighted by Crippen LogP contribution is -2.39. The molecule has 6 heteroatoms. The average molecular weight is 774 g/mol. The zero-order valence-electron chi connectivity index (χ0n) is 36.9. The summed E-state index contributed by atoms with van der Waals surface area (Å²) in [4.78, 5) is 28.7. The highest BCUT2D eigenvalue weighted by atomic mass is 16.5. The third-order valence-corrected chi connectivity index (χ3v) is 14.1. The first-order valence-electron chi connectivity index (χ1n) is 24.6. The Kier molecular flexibility index (Phi) is 26.3. The van der Waals surface area contributed by atoms with E-state index in [2.05, 4.69) is 32.6 Å². The molecule has 0 radical (unpaired) electrons. The van der Waals surface area contributed by atoms with Gasteiger partial charge in [-0.15, -0.1) is 0 Å². The van der Waals surface area contributed by atoms with E-state index in [1.54, 1.807) is 0 Å². The highest BCUT2D eigenvalue weighted by Gasteiger charge is 2.35. The third-order valence-electron chi connectivity index (χ3n) is 14.1. The highest BCUT2D eigenvalue weighted by molar-refractivity contribution is 5.73. The molecule has 0 amide bonds. The van der Waals surface area contributed by atoms with Crippen LogP contribution in [0.25, 0.3) is 0 Å². The van der Waals surface area contributed by atoms with Gasteiger partial charge in [0, 0.05) is 6.54 Å². The maximum atomic E-state index is 13.0. The number of aliphatic hydroxyl groups is 1. The van der Waals surface area contributed by atoms with E-state index < -0.39 is 0 Å². The second-order valence-electron chi connectivity index (χ2n) is 18.8. The summed E-state index contributed by atoms with van der Waals surface area (Å²) in [6, 6.07) is 0. The smallest absolute Gasteiger partial charge is 0.308 e. The molecule has 55 heavy (non-hydrogen) atoms. The Balaban J connectivity index is 1.25. The van der Waals surface area contributed by atoms with Crippen molar-refractivity contribution in [2.75, 3.05) is 32.8 Å². The molecule has 0 aliphatic heterocycles. The monoisotopic (exact) mass is 774 g/mol. The third kappa shape index (κ3) is 19.9. The van der Waals surface area contributed by atoms with Gasteiger partial charge < -0.3 is 19.5 Å². The maximum Gasteiger partial charge on any atom is 0.308 e. The molecule has 0 saturated heterocycles. The number of ether oxygens (including phenoxy) is 2. The predicted octanol–water partition coefficient (Wildman–Crippen LogP) is 12.9. The van der Waals surface area contributed by atoms with Gasteiger partial charge in [-0.3, -0.25) is 9.59 Å². The minimum atomic E-state index is -0.0941. The Bertz CT molecular complexity index is 901. The molecule has 3 rings (SSSR count). The van der Waals surface area contributed by atoms with Crippen LogP contribution in [-0.2, 0) is 19.1 Å². The number of unbranched alkanes of at least 4 members (excludes halogenated alkanes) is 12. The predicted molar refractivity (Wildman–Crippen MR) is 230 cm³/mol. The Morgan fingerprint density at radius 2 is 0.909 bits per heavy atom. The number of carbonyl (C=O) groups is 2. The van der Waals surface area contributed by atoms with Crippen LogP contribution in [0.1, 0.15) is 220 Å². The van der Waals surface area contributed by atoms with Crippen LogP contribution in [0.4, 0.5) is 0 Å². The number of carbonyl (C=O) groups excluding carboxylic acids is 2. The van der Waals surface area contributed by atoms with Gasteiger partial charge in [0.25, 0.3) is 0 Å². The fourth-order valence-electron chi connectivity index (χ4n) is 10.5. The lowest BCUT2D eigenvalue weighted by atomic mass is 9.70. The summed E-state index contributed by atoms with van der Waals surface area (Å²) in [5.41, 5.74) is 0. The lowest BCUT2D eigenvalue weighted by molar-refractivity contribution is -0.151. The minimum absolute atomic E-state index is 0.0758. The molecule has 0 aromatic heterocycles. The Hall–Kier alpha value is -1.14. The normalized spacial score (nSPS) is 26.9. The van der Waals surface area contributed by atoms with Crippen LogP contribution < -0.4 is 0 Å². The van der Waals surface area contributed by atoms with E-state index in [1.807, 2.05) is 0 Å². The topological polar surface area (TPSA) is 76.1 Å². The molecule has 6 nitrogen and oxygen atoms in total. The molecule has 0 heterocycles. The fraction of sp³-hybridized carbons (Fsp3) is 0.959. The second-order valence-corrected chi connectivity index (χ2v) is 18.8. The molecule has 0 aromatic carbocycles. The quantitative estimate of drug-likeness (QED) is 0.0542. The molecular formula is C49H91NO5. The molecule has 3 saturated carbocycles. The van der Waals surface area contributed by atoms with Crippen molar-refractivity contribution in [3.63, 3.8) is 0 Å². The number of hydrogen-bond acceptors (Lipinski definition) is 6. The van der Waals surface area contributed by atoms with Gasteiger partial charge in [0.15, 0.2) is 0 Å². The summed E-state index contributed by atoms with van der Waals surface area (Å²) in [6.45, 7) is 13.6. The van der Waals surface area contributed by atoms with Crippen LogP contribution in [0.3, 0.4) is 0 Å². The second kappa shape index (κ2) is 30.0.